The molecule has 0 aliphatic heterocycles. The van der Waals surface area contributed by atoms with E-state index in [0.29, 0.717) is 18.1 Å². The first kappa shape index (κ1) is 22.4. The lowest BCUT2D eigenvalue weighted by Crippen LogP contribution is -2.39. The average Bonchev–Trinajstić information content (AvgIpc) is 3.22. The summed E-state index contributed by atoms with van der Waals surface area (Å²) in [5, 5.41) is 15.8. The van der Waals surface area contributed by atoms with Crippen molar-refractivity contribution in [3.63, 3.8) is 0 Å². The van der Waals surface area contributed by atoms with E-state index in [1.807, 2.05) is 48.5 Å². The minimum Gasteiger partial charge on any atom is -0.394 e. The van der Waals surface area contributed by atoms with Gasteiger partial charge in [0.05, 0.1) is 22.9 Å². The number of hydrogen-bond acceptors (Lipinski definition) is 7. The molecule has 0 bridgehead atoms. The molecule has 0 saturated heterocycles. The smallest absolute Gasteiger partial charge is 0.270 e. The molecule has 0 fully saturated rings. The van der Waals surface area contributed by atoms with Crippen LogP contribution in [0.1, 0.15) is 32.1 Å². The largest absolute Gasteiger partial charge is 0.394 e. The van der Waals surface area contributed by atoms with Gasteiger partial charge in [-0.25, -0.2) is 9.97 Å². The maximum Gasteiger partial charge on any atom is 0.270 e. The molecule has 0 aliphatic carbocycles. The van der Waals surface area contributed by atoms with E-state index in [1.54, 1.807) is 12.1 Å². The zero-order chi connectivity index (χ0) is 23.2. The second-order valence-electron chi connectivity index (χ2n) is 7.49. The van der Waals surface area contributed by atoms with Crippen LogP contribution in [0.5, 0.6) is 0 Å². The molecule has 0 unspecified atom stereocenters. The Kier molecular flexibility index (Phi) is 6.92. The summed E-state index contributed by atoms with van der Waals surface area (Å²) >= 11 is 1.39. The highest BCUT2D eigenvalue weighted by molar-refractivity contribution is 7.22. The van der Waals surface area contributed by atoms with Crippen LogP contribution >= 0.6 is 11.3 Å². The van der Waals surface area contributed by atoms with Crippen LogP contribution in [-0.2, 0) is 13.0 Å². The normalized spacial score (nSPS) is 11.8. The number of benzene rings is 2. The van der Waals surface area contributed by atoms with Gasteiger partial charge in [-0.15, -0.1) is 0 Å². The maximum absolute atomic E-state index is 12.7. The predicted octanol–water partition coefficient (Wildman–Crippen LogP) is 2.54. The summed E-state index contributed by atoms with van der Waals surface area (Å²) in [6.07, 6.45) is 0.485. The van der Waals surface area contributed by atoms with Crippen molar-refractivity contribution in [2.45, 2.75) is 19.0 Å². The minimum atomic E-state index is -0.463. The number of nitrogen functional groups attached to an aromatic ring is 1. The highest BCUT2D eigenvalue weighted by Crippen LogP contribution is 2.24. The van der Waals surface area contributed by atoms with Gasteiger partial charge >= 0.3 is 0 Å². The summed E-state index contributed by atoms with van der Waals surface area (Å²) in [6.45, 7) is 0.0882. The number of pyridine rings is 1. The van der Waals surface area contributed by atoms with Crippen molar-refractivity contribution in [2.75, 3.05) is 12.3 Å². The number of aromatic nitrogens is 2. The monoisotopic (exact) mass is 461 g/mol. The fourth-order valence-corrected chi connectivity index (χ4v) is 4.17. The van der Waals surface area contributed by atoms with E-state index in [0.717, 1.165) is 21.3 Å². The van der Waals surface area contributed by atoms with E-state index in [2.05, 4.69) is 20.6 Å². The van der Waals surface area contributed by atoms with Crippen molar-refractivity contribution in [3.8, 4) is 0 Å². The molecule has 0 radical (unpaired) electrons. The molecular formula is C24H23N5O3S. The van der Waals surface area contributed by atoms with Crippen LogP contribution < -0.4 is 16.4 Å². The van der Waals surface area contributed by atoms with E-state index >= 15 is 0 Å². The van der Waals surface area contributed by atoms with Crippen molar-refractivity contribution in [2.24, 2.45) is 0 Å². The van der Waals surface area contributed by atoms with Gasteiger partial charge in [0.15, 0.2) is 5.13 Å². The second kappa shape index (κ2) is 10.2. The van der Waals surface area contributed by atoms with Gasteiger partial charge in [0, 0.05) is 6.54 Å². The third-order valence-electron chi connectivity index (χ3n) is 5.02. The number of carbonyl (C=O) groups is 2. The Bertz CT molecular complexity index is 1280. The van der Waals surface area contributed by atoms with Crippen molar-refractivity contribution >= 4 is 38.5 Å². The summed E-state index contributed by atoms with van der Waals surface area (Å²) < 4.78 is 0.949. The van der Waals surface area contributed by atoms with Crippen LogP contribution in [0.3, 0.4) is 0 Å². The van der Waals surface area contributed by atoms with Crippen molar-refractivity contribution < 1.29 is 14.7 Å². The zero-order valence-electron chi connectivity index (χ0n) is 17.7. The van der Waals surface area contributed by atoms with E-state index in [1.165, 1.54) is 17.4 Å². The topological polar surface area (TPSA) is 130 Å². The third kappa shape index (κ3) is 5.71. The predicted molar refractivity (Wildman–Crippen MR) is 128 cm³/mol. The number of anilines is 1. The van der Waals surface area contributed by atoms with Crippen molar-refractivity contribution in [1.82, 2.24) is 20.6 Å². The van der Waals surface area contributed by atoms with Gasteiger partial charge < -0.3 is 21.5 Å². The summed E-state index contributed by atoms with van der Waals surface area (Å²) in [6, 6.07) is 19.5. The molecule has 1 atom stereocenters. The highest BCUT2D eigenvalue weighted by atomic mass is 32.1. The quantitative estimate of drug-likeness (QED) is 0.319. The van der Waals surface area contributed by atoms with Crippen LogP contribution in [0.25, 0.3) is 10.2 Å². The van der Waals surface area contributed by atoms with Gasteiger partial charge in [0.1, 0.15) is 11.4 Å². The molecule has 168 valence electrons. The highest BCUT2D eigenvalue weighted by Gasteiger charge is 2.17. The third-order valence-corrected chi connectivity index (χ3v) is 5.86. The number of fused-ring (bicyclic) bond motifs is 1. The number of thiazole rings is 1. The lowest BCUT2D eigenvalue weighted by molar-refractivity contribution is 0.0910. The summed E-state index contributed by atoms with van der Waals surface area (Å²) in [5.74, 6) is -0.843. The molecule has 0 spiro atoms. The average molecular weight is 462 g/mol. The summed E-state index contributed by atoms with van der Waals surface area (Å²) in [7, 11) is 0. The standard InChI is InChI=1S/C24H23N5O3S/c25-24-29-18-10-9-16(12-21(18)33-24)13-26-22(31)19-7-4-8-20(28-19)23(32)27-17(14-30)11-15-5-2-1-3-6-15/h1-10,12,17,30H,11,13-14H2,(H2,25,29)(H,26,31)(H,27,32)/t17-/m0/s1. The van der Waals surface area contributed by atoms with Gasteiger partial charge in [-0.05, 0) is 41.8 Å². The van der Waals surface area contributed by atoms with E-state index < -0.39 is 17.9 Å². The summed E-state index contributed by atoms with van der Waals surface area (Å²) in [4.78, 5) is 33.7. The van der Waals surface area contributed by atoms with E-state index in [-0.39, 0.29) is 18.0 Å². The first-order valence-corrected chi connectivity index (χ1v) is 11.2. The van der Waals surface area contributed by atoms with Gasteiger partial charge in [0.25, 0.3) is 11.8 Å². The van der Waals surface area contributed by atoms with Crippen LogP contribution in [0, 0.1) is 0 Å². The molecule has 2 amide bonds. The molecule has 5 N–H and O–H groups in total. The molecule has 33 heavy (non-hydrogen) atoms. The Morgan fingerprint density at radius 1 is 0.939 bits per heavy atom. The number of nitrogens with two attached hydrogens (primary N) is 1. The Morgan fingerprint density at radius 3 is 2.45 bits per heavy atom. The Labute approximate surface area is 194 Å². The lowest BCUT2D eigenvalue weighted by Gasteiger charge is -2.16. The molecule has 0 saturated carbocycles. The number of amides is 2. The van der Waals surface area contributed by atoms with E-state index in [4.69, 9.17) is 5.73 Å². The van der Waals surface area contributed by atoms with Gasteiger partial charge in [-0.3, -0.25) is 9.59 Å². The van der Waals surface area contributed by atoms with E-state index in [9.17, 15) is 14.7 Å². The first-order valence-electron chi connectivity index (χ1n) is 10.4. The molecule has 9 heteroatoms. The number of rotatable bonds is 8. The SMILES string of the molecule is Nc1nc2ccc(CNC(=O)c3cccc(C(=O)N[C@H](CO)Cc4ccccc4)n3)cc2s1. The van der Waals surface area contributed by atoms with Gasteiger partial charge in [0.2, 0.25) is 0 Å². The second-order valence-corrected chi connectivity index (χ2v) is 8.55. The Balaban J connectivity index is 1.38. The molecule has 2 aromatic carbocycles. The molecular weight excluding hydrogens is 438 g/mol. The minimum absolute atomic E-state index is 0.107. The molecule has 4 aromatic rings. The molecule has 2 aromatic heterocycles. The molecule has 8 nitrogen and oxygen atoms in total. The van der Waals surface area contributed by atoms with Gasteiger partial charge in [-0.1, -0.05) is 53.8 Å². The number of carbonyl (C=O) groups excluding carboxylic acids is 2. The fraction of sp³-hybridized carbons (Fsp3) is 0.167. The fourth-order valence-electron chi connectivity index (χ4n) is 3.38. The zero-order valence-corrected chi connectivity index (χ0v) is 18.5. The Morgan fingerprint density at radius 2 is 1.70 bits per heavy atom. The maximum atomic E-state index is 12.7. The van der Waals surface area contributed by atoms with Crippen LogP contribution in [0.4, 0.5) is 5.13 Å². The van der Waals surface area contributed by atoms with Crippen LogP contribution in [-0.4, -0.2) is 39.5 Å². The Hall–Kier alpha value is -3.82. The molecule has 2 heterocycles. The van der Waals surface area contributed by atoms with Crippen molar-refractivity contribution in [1.29, 1.82) is 0 Å². The number of nitrogens with one attached hydrogen (secondary N) is 2. The number of aliphatic hydroxyl groups excluding tert-OH is 1. The van der Waals surface area contributed by atoms with Gasteiger partial charge in [-0.2, -0.15) is 0 Å². The number of aliphatic hydroxyl groups is 1. The summed E-state index contributed by atoms with van der Waals surface area (Å²) in [5.41, 5.74) is 8.70. The van der Waals surface area contributed by atoms with Crippen LogP contribution in [0.15, 0.2) is 66.7 Å². The first-order chi connectivity index (χ1) is 16.0. The van der Waals surface area contributed by atoms with Crippen LogP contribution in [0.2, 0.25) is 0 Å². The van der Waals surface area contributed by atoms with Crippen molar-refractivity contribution in [3.05, 3.63) is 89.2 Å². The number of nitrogens with zero attached hydrogens (tertiary/aromatic N) is 2. The lowest BCUT2D eigenvalue weighted by atomic mass is 10.1. The number of hydrogen-bond donors (Lipinski definition) is 4. The molecule has 0 aliphatic rings. The molecule has 4 rings (SSSR count).